The number of hydrogen-bond donors (Lipinski definition) is 0. The molecule has 0 radical (unpaired) electrons. The molecule has 0 heterocycles. The molecule has 9 rings (SSSR count). The van der Waals surface area contributed by atoms with Crippen LogP contribution in [-0.4, -0.2) is 11.2 Å². The Morgan fingerprint density at radius 3 is 0.587 bits per heavy atom. The van der Waals surface area contributed by atoms with Gasteiger partial charge in [0, 0.05) is 46.7 Å². The van der Waals surface area contributed by atoms with Crippen molar-refractivity contribution in [1.82, 2.24) is 0 Å². The number of alkyl halides is 2. The first-order chi connectivity index (χ1) is 35.2. The van der Waals surface area contributed by atoms with Gasteiger partial charge in [-0.05, 0) is 60.9 Å². The van der Waals surface area contributed by atoms with Crippen molar-refractivity contribution in [3.05, 3.63) is 270 Å². The van der Waals surface area contributed by atoms with E-state index in [4.69, 9.17) is 23.2 Å². The van der Waals surface area contributed by atoms with Gasteiger partial charge in [0.25, 0.3) is 0 Å². The van der Waals surface area contributed by atoms with Gasteiger partial charge in [-0.2, -0.15) is 0 Å². The van der Waals surface area contributed by atoms with Gasteiger partial charge in [-0.25, -0.2) is 43.9 Å². The molecule has 0 amide bonds. The smallest absolute Gasteiger partial charge is 0.200 e. The van der Waals surface area contributed by atoms with E-state index in [1.807, 2.05) is 0 Å². The van der Waals surface area contributed by atoms with E-state index in [0.717, 1.165) is 0 Å². The van der Waals surface area contributed by atoms with Gasteiger partial charge in [0.2, 0.25) is 0 Å². The van der Waals surface area contributed by atoms with E-state index >= 15 is 0 Å². The summed E-state index contributed by atoms with van der Waals surface area (Å²) in [6.45, 7) is 0. The average Bonchev–Trinajstić information content (AvgIpc) is 3.45. The largest absolute Gasteiger partial charge is 0.774 e. The molecule has 0 atom stereocenters. The van der Waals surface area contributed by atoms with Gasteiger partial charge in [-0.1, -0.05) is 222 Å². The van der Waals surface area contributed by atoms with Crippen molar-refractivity contribution in [3.8, 4) is 0 Å². The minimum atomic E-state index is -2.20. The molecule has 0 spiro atoms. The van der Waals surface area contributed by atoms with E-state index in [9.17, 15) is 43.9 Å². The van der Waals surface area contributed by atoms with Crippen molar-refractivity contribution in [2.75, 3.05) is 11.2 Å². The molecule has 0 aromatic heterocycles. The Morgan fingerprint density at radius 2 is 0.413 bits per heavy atom. The monoisotopic (exact) mass is 1340 g/mol. The first-order valence-corrected chi connectivity index (χ1v) is 27.7. The van der Waals surface area contributed by atoms with Crippen LogP contribution in [0.5, 0.6) is 0 Å². The Labute approximate surface area is 481 Å². The number of rotatable bonds is 9. The first-order valence-electron chi connectivity index (χ1n) is 21.4. The van der Waals surface area contributed by atoms with Crippen molar-refractivity contribution in [2.24, 2.45) is 0 Å². The normalized spacial score (nSPS) is 10.2. The molecule has 0 unspecified atom stereocenters. The van der Waals surface area contributed by atoms with Gasteiger partial charge in [0.1, 0.15) is 23.3 Å². The van der Waals surface area contributed by atoms with Crippen LogP contribution in [0.15, 0.2) is 222 Å². The fourth-order valence-electron chi connectivity index (χ4n) is 6.55. The molecule has 0 nitrogen and oxygen atoms in total. The summed E-state index contributed by atoms with van der Waals surface area (Å²) < 4.78 is 122. The van der Waals surface area contributed by atoms with Crippen LogP contribution in [0.3, 0.4) is 0 Å². The molecule has 0 fully saturated rings. The second-order valence-electron chi connectivity index (χ2n) is 14.6. The Balaban J connectivity index is 0.000000271. The Bertz CT molecular complexity index is 2550. The predicted octanol–water partition coefficient (Wildman–Crippen LogP) is 14.6. The molecule has 0 saturated heterocycles. The van der Waals surface area contributed by atoms with Crippen molar-refractivity contribution in [2.45, 2.75) is 9.79 Å². The van der Waals surface area contributed by atoms with Gasteiger partial charge in [0.05, 0.1) is 5.34 Å². The van der Waals surface area contributed by atoms with Crippen LogP contribution in [0.4, 0.5) is 43.9 Å². The van der Waals surface area contributed by atoms with Gasteiger partial charge in [0.15, 0.2) is 34.9 Å². The standard InChI is InChI=1S/C25H22P2.C18H15P.2C6HF5S.CH2Cl2.2Pd/c1-5-13-22(14-6-1)26(23-15-7-2-8-16-23)21-27(24-17-9-3-10-18-24)25-19-11-4-12-20-25;1-4-10-16(11-5-1)19(17-12-6-2-7-13-17)18-14-8-3-9-15-18;2*7-1-2(8)4(10)6(12)5(11)3(1)9;2-1-3;;/h1-20H,21H2;1-15H;2*12H;1H2;;/p-2. The molecule has 0 aliphatic rings. The van der Waals surface area contributed by atoms with Gasteiger partial charge < -0.3 is 25.3 Å². The third-order valence-electron chi connectivity index (χ3n) is 9.94. The summed E-state index contributed by atoms with van der Waals surface area (Å²) in [4.78, 5) is -2.57. The molecule has 0 saturated carbocycles. The Morgan fingerprint density at radius 1 is 0.267 bits per heavy atom. The van der Waals surface area contributed by atoms with E-state index in [1.165, 1.54) is 43.0 Å². The van der Waals surface area contributed by atoms with E-state index in [-0.39, 0.29) is 46.2 Å². The van der Waals surface area contributed by atoms with Gasteiger partial charge in [-0.3, -0.25) is 0 Å². The SMILES string of the molecule is ClCCl.Fc1c(F)c(F)c([S-])c(F)c1F.Fc1c(F)c(F)c([S-])c(F)c1F.[Pd].[Pd].c1ccc(P(CP(c2ccccc2)c2ccccc2)c2ccccc2)cc1.c1ccc(P(c2ccccc2)c2ccccc2)cc1. The molecule has 75 heavy (non-hydrogen) atoms. The summed E-state index contributed by atoms with van der Waals surface area (Å²) in [6, 6.07) is 76.5. The molecule has 0 bridgehead atoms. The summed E-state index contributed by atoms with van der Waals surface area (Å²) >= 11 is 17.4. The molecular formula is C56H39Cl2F10P3Pd2S2-2. The van der Waals surface area contributed by atoms with Crippen LogP contribution in [0, 0.1) is 58.2 Å². The van der Waals surface area contributed by atoms with Crippen LogP contribution in [0.2, 0.25) is 0 Å². The van der Waals surface area contributed by atoms with E-state index in [0.29, 0.717) is 0 Å². The fraction of sp³-hybridized carbons (Fsp3) is 0.0357. The Kier molecular flexibility index (Phi) is 29.5. The maximum absolute atomic E-state index is 12.3. The van der Waals surface area contributed by atoms with E-state index in [1.54, 1.807) is 0 Å². The van der Waals surface area contributed by atoms with Crippen molar-refractivity contribution in [1.29, 1.82) is 0 Å². The van der Waals surface area contributed by atoms with Gasteiger partial charge in [-0.15, -0.1) is 23.2 Å². The van der Waals surface area contributed by atoms with Crippen LogP contribution in [-0.2, 0) is 66.1 Å². The van der Waals surface area contributed by atoms with Crippen LogP contribution < -0.4 is 37.1 Å². The van der Waals surface area contributed by atoms with E-state index in [2.05, 4.69) is 238 Å². The number of benzene rings is 9. The minimum absolute atomic E-state index is 0. The molecule has 0 N–H and O–H groups in total. The van der Waals surface area contributed by atoms with Crippen LogP contribution >= 0.6 is 47.0 Å². The predicted molar refractivity (Wildman–Crippen MR) is 288 cm³/mol. The zero-order valence-electron chi connectivity index (χ0n) is 38.4. The van der Waals surface area contributed by atoms with Crippen molar-refractivity contribution in [3.63, 3.8) is 0 Å². The summed E-state index contributed by atoms with van der Waals surface area (Å²) in [5.74, 6) is -19.2. The third-order valence-corrected chi connectivity index (χ3v) is 19.0. The summed E-state index contributed by atoms with van der Waals surface area (Å²) in [5.41, 5.74) is 0. The van der Waals surface area contributed by atoms with Crippen LogP contribution in [0.25, 0.3) is 0 Å². The second-order valence-corrected chi connectivity index (χ2v) is 23.3. The third kappa shape index (κ3) is 18.5. The van der Waals surface area contributed by atoms with Crippen molar-refractivity contribution >= 4 is 109 Å². The Hall–Kier alpha value is -4.09. The van der Waals surface area contributed by atoms with E-state index < -0.39 is 91.7 Å². The molecule has 0 aliphatic heterocycles. The molecule has 9 aromatic carbocycles. The molecule has 0 aliphatic carbocycles. The molecule has 396 valence electrons. The summed E-state index contributed by atoms with van der Waals surface area (Å²) in [5, 5.41) is 10.2. The first kappa shape index (κ1) is 65.2. The molecule has 9 aromatic rings. The molecular weight excluding hydrogens is 1300 g/mol. The molecule has 19 heteroatoms. The maximum atomic E-state index is 12.3. The summed E-state index contributed by atoms with van der Waals surface area (Å²) in [7, 11) is -1.26. The topological polar surface area (TPSA) is 0 Å². The number of halogens is 12. The second kappa shape index (κ2) is 33.9. The maximum Gasteiger partial charge on any atom is 0.200 e. The summed E-state index contributed by atoms with van der Waals surface area (Å²) in [6.07, 6.45) is 0. The van der Waals surface area contributed by atoms with Crippen LogP contribution in [0.1, 0.15) is 0 Å². The fourth-order valence-corrected chi connectivity index (χ4v) is 15.7. The number of hydrogen-bond acceptors (Lipinski definition) is 2. The minimum Gasteiger partial charge on any atom is -0.774 e. The average molecular weight is 1340 g/mol. The quantitative estimate of drug-likeness (QED) is 0.0269. The zero-order chi connectivity index (χ0) is 52.9. The van der Waals surface area contributed by atoms with Gasteiger partial charge >= 0.3 is 0 Å². The van der Waals surface area contributed by atoms with Crippen molar-refractivity contribution < 1.29 is 84.7 Å². The zero-order valence-corrected chi connectivity index (χ0v) is 47.4.